The quantitative estimate of drug-likeness (QED) is 0.656. The van der Waals surface area contributed by atoms with Gasteiger partial charge in [0.1, 0.15) is 11.5 Å². The van der Waals surface area contributed by atoms with E-state index in [-0.39, 0.29) is 6.03 Å². The first-order valence-corrected chi connectivity index (χ1v) is 8.79. The maximum absolute atomic E-state index is 13.1. The van der Waals surface area contributed by atoms with Crippen molar-refractivity contribution < 1.29 is 4.79 Å². The van der Waals surface area contributed by atoms with Crippen molar-refractivity contribution in [3.63, 3.8) is 0 Å². The molecular weight excluding hydrogens is 394 g/mol. The Morgan fingerprint density at radius 3 is 2.31 bits per heavy atom. The summed E-state index contributed by atoms with van der Waals surface area (Å²) in [6, 6.07) is 18.3. The molecule has 0 aliphatic carbocycles. The molecule has 4 rings (SSSR count). The van der Waals surface area contributed by atoms with Gasteiger partial charge in [0.2, 0.25) is 0 Å². The van der Waals surface area contributed by atoms with Crippen LogP contribution < -0.4 is 9.91 Å². The van der Waals surface area contributed by atoms with E-state index >= 15 is 0 Å². The van der Waals surface area contributed by atoms with Crippen molar-refractivity contribution in [2.75, 3.05) is 16.5 Å². The van der Waals surface area contributed by atoms with Gasteiger partial charge >= 0.3 is 6.03 Å². The summed E-state index contributed by atoms with van der Waals surface area (Å²) in [7, 11) is 0. The molecule has 128 valence electrons. The van der Waals surface area contributed by atoms with Crippen LogP contribution in [0, 0.1) is 0 Å². The molecule has 26 heavy (non-hydrogen) atoms. The zero-order chi connectivity index (χ0) is 17.9. The summed E-state index contributed by atoms with van der Waals surface area (Å²) in [5, 5.41) is 5.96. The second-order valence-electron chi connectivity index (χ2n) is 5.58. The maximum atomic E-state index is 13.1. The van der Waals surface area contributed by atoms with Crippen LogP contribution in [0.25, 0.3) is 0 Å². The number of halogens is 1. The molecule has 0 atom stereocenters. The molecular formula is C19H14BrN5O. The number of hydrogen-bond donors (Lipinski definition) is 0. The Kier molecular flexibility index (Phi) is 4.45. The molecule has 0 spiro atoms. The summed E-state index contributed by atoms with van der Waals surface area (Å²) >= 11 is 3.50. The summed E-state index contributed by atoms with van der Waals surface area (Å²) < 4.78 is 0.778. The van der Waals surface area contributed by atoms with Crippen LogP contribution in [-0.2, 0) is 0 Å². The molecule has 1 aliphatic heterocycles. The van der Waals surface area contributed by atoms with E-state index in [1.165, 1.54) is 5.01 Å². The molecule has 0 N–H and O–H groups in total. The summed E-state index contributed by atoms with van der Waals surface area (Å²) in [5.41, 5.74) is 2.07. The SMILES string of the molecule is O=C1N(c2ccccn2)CC(c2ccccn2)=NN1c1ccccc1Br. The predicted molar refractivity (Wildman–Crippen MR) is 104 cm³/mol. The molecule has 7 heteroatoms. The number of carbonyl (C=O) groups excluding carboxylic acids is 1. The smallest absolute Gasteiger partial charge is 0.270 e. The zero-order valence-corrected chi connectivity index (χ0v) is 15.2. The number of rotatable bonds is 3. The molecule has 6 nitrogen and oxygen atoms in total. The lowest BCUT2D eigenvalue weighted by Gasteiger charge is -2.32. The Bertz CT molecular complexity index is 962. The van der Waals surface area contributed by atoms with E-state index in [1.54, 1.807) is 23.4 Å². The fourth-order valence-electron chi connectivity index (χ4n) is 2.67. The lowest BCUT2D eigenvalue weighted by molar-refractivity contribution is 0.251. The highest BCUT2D eigenvalue weighted by atomic mass is 79.9. The van der Waals surface area contributed by atoms with Crippen LogP contribution in [0.5, 0.6) is 0 Å². The maximum Gasteiger partial charge on any atom is 0.351 e. The van der Waals surface area contributed by atoms with Gasteiger partial charge in [-0.3, -0.25) is 9.88 Å². The van der Waals surface area contributed by atoms with Crippen molar-refractivity contribution in [3.8, 4) is 0 Å². The first-order chi connectivity index (χ1) is 12.7. The van der Waals surface area contributed by atoms with E-state index in [0.717, 1.165) is 10.2 Å². The number of hydrogen-bond acceptors (Lipinski definition) is 4. The number of nitrogens with zero attached hydrogens (tertiary/aromatic N) is 5. The molecule has 1 aliphatic rings. The van der Waals surface area contributed by atoms with E-state index in [9.17, 15) is 4.79 Å². The van der Waals surface area contributed by atoms with Gasteiger partial charge in [-0.25, -0.2) is 9.78 Å². The van der Waals surface area contributed by atoms with Crippen LogP contribution >= 0.6 is 15.9 Å². The van der Waals surface area contributed by atoms with Gasteiger partial charge in [0.15, 0.2) is 0 Å². The monoisotopic (exact) mass is 407 g/mol. The van der Waals surface area contributed by atoms with Crippen molar-refractivity contribution in [1.82, 2.24) is 9.97 Å². The molecule has 2 aromatic heterocycles. The first-order valence-electron chi connectivity index (χ1n) is 8.00. The standard InChI is InChI=1S/C19H14BrN5O/c20-14-7-1-2-9-17(14)25-19(26)24(18-10-4-6-12-22-18)13-16(23-25)15-8-3-5-11-21-15/h1-12H,13H2. The van der Waals surface area contributed by atoms with Crippen molar-refractivity contribution in [1.29, 1.82) is 0 Å². The second-order valence-corrected chi connectivity index (χ2v) is 6.44. The van der Waals surface area contributed by atoms with Gasteiger partial charge < -0.3 is 0 Å². The average Bonchev–Trinajstić information content (AvgIpc) is 2.70. The topological polar surface area (TPSA) is 61.7 Å². The molecule has 0 saturated heterocycles. The minimum absolute atomic E-state index is 0.268. The molecule has 2 amide bonds. The number of aromatic nitrogens is 2. The number of hydrazone groups is 1. The molecule has 0 saturated carbocycles. The molecule has 1 aromatic carbocycles. The minimum atomic E-state index is -0.268. The molecule has 0 unspecified atom stereocenters. The van der Waals surface area contributed by atoms with E-state index in [4.69, 9.17) is 0 Å². The number of urea groups is 1. The summed E-state index contributed by atoms with van der Waals surface area (Å²) in [6.45, 7) is 0.299. The van der Waals surface area contributed by atoms with Crippen LogP contribution in [0.2, 0.25) is 0 Å². The molecule has 3 heterocycles. The highest BCUT2D eigenvalue weighted by Gasteiger charge is 2.32. The Morgan fingerprint density at radius 2 is 1.62 bits per heavy atom. The zero-order valence-electron chi connectivity index (χ0n) is 13.7. The van der Waals surface area contributed by atoms with Gasteiger partial charge in [-0.2, -0.15) is 10.1 Å². The average molecular weight is 408 g/mol. The van der Waals surface area contributed by atoms with E-state index in [0.29, 0.717) is 23.8 Å². The van der Waals surface area contributed by atoms with Crippen LogP contribution in [0.15, 0.2) is 82.6 Å². The fraction of sp³-hybridized carbons (Fsp3) is 0.0526. The molecule has 0 bridgehead atoms. The lowest BCUT2D eigenvalue weighted by atomic mass is 10.2. The number of carbonyl (C=O) groups is 1. The molecule has 0 fully saturated rings. The molecule has 3 aromatic rings. The molecule has 0 radical (unpaired) electrons. The van der Waals surface area contributed by atoms with Gasteiger partial charge in [0.05, 0.1) is 17.9 Å². The Morgan fingerprint density at radius 1 is 0.885 bits per heavy atom. The highest BCUT2D eigenvalue weighted by molar-refractivity contribution is 9.10. The number of anilines is 2. The minimum Gasteiger partial charge on any atom is -0.270 e. The number of benzene rings is 1. The van der Waals surface area contributed by atoms with Gasteiger partial charge in [0, 0.05) is 16.9 Å². The van der Waals surface area contributed by atoms with Crippen molar-refractivity contribution in [2.45, 2.75) is 0 Å². The third-order valence-electron chi connectivity index (χ3n) is 3.91. The summed E-state index contributed by atoms with van der Waals surface area (Å²) in [4.78, 5) is 23.4. The summed E-state index contributed by atoms with van der Waals surface area (Å²) in [5.74, 6) is 0.567. The largest absolute Gasteiger partial charge is 0.351 e. The van der Waals surface area contributed by atoms with Crippen LogP contribution in [-0.4, -0.2) is 28.3 Å². The van der Waals surface area contributed by atoms with Crippen LogP contribution in [0.4, 0.5) is 16.3 Å². The normalized spacial score (nSPS) is 14.3. The van der Waals surface area contributed by atoms with Crippen molar-refractivity contribution in [3.05, 3.63) is 83.2 Å². The Labute approximate surface area is 158 Å². The Balaban J connectivity index is 1.83. The second kappa shape index (κ2) is 7.05. The number of pyridine rings is 2. The predicted octanol–water partition coefficient (Wildman–Crippen LogP) is 4.09. The van der Waals surface area contributed by atoms with E-state index in [1.807, 2.05) is 54.6 Å². The highest BCUT2D eigenvalue weighted by Crippen LogP contribution is 2.30. The third kappa shape index (κ3) is 3.09. The van der Waals surface area contributed by atoms with Crippen LogP contribution in [0.1, 0.15) is 5.69 Å². The van der Waals surface area contributed by atoms with Gasteiger partial charge in [-0.1, -0.05) is 24.3 Å². The van der Waals surface area contributed by atoms with Crippen molar-refractivity contribution >= 4 is 39.2 Å². The number of para-hydroxylation sites is 1. The van der Waals surface area contributed by atoms with E-state index < -0.39 is 0 Å². The number of amides is 2. The van der Waals surface area contributed by atoms with Crippen molar-refractivity contribution in [2.24, 2.45) is 5.10 Å². The van der Waals surface area contributed by atoms with Gasteiger partial charge in [-0.05, 0) is 52.3 Å². The lowest BCUT2D eigenvalue weighted by Crippen LogP contribution is -2.49. The van der Waals surface area contributed by atoms with Gasteiger partial charge in [-0.15, -0.1) is 0 Å². The first kappa shape index (κ1) is 16.4. The van der Waals surface area contributed by atoms with Gasteiger partial charge in [0.25, 0.3) is 0 Å². The fourth-order valence-corrected chi connectivity index (χ4v) is 3.12. The summed E-state index contributed by atoms with van der Waals surface area (Å²) in [6.07, 6.45) is 3.37. The third-order valence-corrected chi connectivity index (χ3v) is 4.58. The van der Waals surface area contributed by atoms with E-state index in [2.05, 4.69) is 31.0 Å². The Hall–Kier alpha value is -3.06. The van der Waals surface area contributed by atoms with Crippen LogP contribution in [0.3, 0.4) is 0 Å².